The molecule has 1 aliphatic rings. The minimum absolute atomic E-state index is 0.0311. The van der Waals surface area contributed by atoms with E-state index in [0.717, 1.165) is 36.3 Å². The van der Waals surface area contributed by atoms with E-state index in [-0.39, 0.29) is 43.4 Å². The second kappa shape index (κ2) is 20.4. The van der Waals surface area contributed by atoms with Crippen LogP contribution in [-0.2, 0) is 50.4 Å². The van der Waals surface area contributed by atoms with Crippen molar-refractivity contribution in [1.29, 1.82) is 0 Å². The molecule has 4 atom stereocenters. The number of aliphatic hydroxyl groups excluding tert-OH is 1. The monoisotopic (exact) mass is 800 g/mol. The Labute approximate surface area is 329 Å². The number of nitrogens with one attached hydrogen (secondary N) is 2. The van der Waals surface area contributed by atoms with Crippen LogP contribution in [-0.4, -0.2) is 96.8 Å². The van der Waals surface area contributed by atoms with Crippen molar-refractivity contribution in [1.82, 2.24) is 24.8 Å². The number of thiazole rings is 1. The number of rotatable bonds is 20. The average molecular weight is 801 g/mol. The fourth-order valence-corrected chi connectivity index (χ4v) is 8.98. The van der Waals surface area contributed by atoms with Crippen molar-refractivity contribution in [2.75, 3.05) is 27.2 Å². The highest BCUT2D eigenvalue weighted by atomic mass is 32.2. The van der Waals surface area contributed by atoms with Gasteiger partial charge in [0, 0.05) is 32.6 Å². The number of carbonyl (C=O) groups excluding carboxylic acids is 2. The number of sulfonamides is 1. The van der Waals surface area contributed by atoms with Gasteiger partial charge in [-0.05, 0) is 76.1 Å². The number of nitroso groups, excluding NO2 is 1. The third-order valence-electron chi connectivity index (χ3n) is 9.41. The third kappa shape index (κ3) is 13.4. The summed E-state index contributed by atoms with van der Waals surface area (Å²) in [5, 5.41) is 23.3. The molecule has 0 saturated heterocycles. The van der Waals surface area contributed by atoms with Crippen LogP contribution in [0.1, 0.15) is 75.2 Å². The Balaban J connectivity index is 1.60. The number of benzene rings is 2. The molecule has 16 heteroatoms. The number of aliphatic hydroxyl groups is 1. The maximum atomic E-state index is 14.3. The van der Waals surface area contributed by atoms with E-state index in [2.05, 4.69) is 20.8 Å². The lowest BCUT2D eigenvalue weighted by Crippen LogP contribution is -2.60. The number of amides is 3. The lowest BCUT2D eigenvalue weighted by Gasteiger charge is -2.34. The topological polar surface area (TPSA) is 180 Å². The molecule has 0 unspecified atom stereocenters. The smallest absolute Gasteiger partial charge is 0.318 e. The van der Waals surface area contributed by atoms with Crippen molar-refractivity contribution < 1.29 is 32.6 Å². The van der Waals surface area contributed by atoms with E-state index in [1.807, 2.05) is 56.5 Å². The maximum Gasteiger partial charge on any atom is 0.318 e. The molecule has 1 fully saturated rings. The summed E-state index contributed by atoms with van der Waals surface area (Å²) in [6.45, 7) is 7.62. The third-order valence-corrected chi connectivity index (χ3v) is 12.1. The van der Waals surface area contributed by atoms with Gasteiger partial charge in [-0.15, -0.1) is 11.3 Å². The average Bonchev–Trinajstić information content (AvgIpc) is 3.82. The Morgan fingerprint density at radius 3 is 2.35 bits per heavy atom. The molecule has 0 spiro atoms. The molecule has 0 bridgehead atoms. The lowest BCUT2D eigenvalue weighted by atomic mass is 9.99. The molecule has 0 radical (unpaired) electrons. The molecule has 3 amide bonds. The van der Waals surface area contributed by atoms with E-state index < -0.39 is 51.9 Å². The van der Waals surface area contributed by atoms with E-state index in [9.17, 15) is 28.0 Å². The Morgan fingerprint density at radius 2 is 1.73 bits per heavy atom. The van der Waals surface area contributed by atoms with Crippen LogP contribution in [0, 0.1) is 10.8 Å². The van der Waals surface area contributed by atoms with Crippen LogP contribution in [0.5, 0.6) is 0 Å². The zero-order valence-corrected chi connectivity index (χ0v) is 34.3. The predicted molar refractivity (Wildman–Crippen MR) is 212 cm³/mol. The number of methoxy groups -OCH3 is 1. The molecule has 1 aromatic heterocycles. The summed E-state index contributed by atoms with van der Waals surface area (Å²) < 4.78 is 41.0. The maximum absolute atomic E-state index is 14.3. The summed E-state index contributed by atoms with van der Waals surface area (Å²) in [5.41, 5.74) is 1.41. The van der Waals surface area contributed by atoms with Crippen LogP contribution in [0.15, 0.2) is 70.0 Å². The second-order valence-corrected chi connectivity index (χ2v) is 18.0. The Kier molecular flexibility index (Phi) is 16.3. The molecule has 1 saturated carbocycles. The summed E-state index contributed by atoms with van der Waals surface area (Å²) in [7, 11) is -0.911. The molecular formula is C39H56N6O8S2. The first-order chi connectivity index (χ1) is 26.1. The van der Waals surface area contributed by atoms with Gasteiger partial charge in [0.25, 0.3) is 0 Å². The van der Waals surface area contributed by atoms with Gasteiger partial charge >= 0.3 is 6.03 Å². The number of hydrogen-bond acceptors (Lipinski definition) is 11. The van der Waals surface area contributed by atoms with Crippen LogP contribution in [0.2, 0.25) is 0 Å². The van der Waals surface area contributed by atoms with Gasteiger partial charge in [0.2, 0.25) is 15.9 Å². The normalized spacial score (nSPS) is 16.0. The van der Waals surface area contributed by atoms with Gasteiger partial charge in [-0.2, -0.15) is 9.21 Å². The van der Waals surface area contributed by atoms with Gasteiger partial charge in [0.1, 0.15) is 17.6 Å². The molecular weight excluding hydrogens is 745 g/mol. The fourth-order valence-electron chi connectivity index (χ4n) is 6.69. The Morgan fingerprint density at radius 1 is 1.05 bits per heavy atom. The first kappa shape index (κ1) is 43.9. The van der Waals surface area contributed by atoms with Crippen LogP contribution in [0.25, 0.3) is 0 Å². The SMILES string of the molecule is COCc1nc(CN(C)C(=O)N[C@H](C(=O)N[C@@H](Cc2ccccc2)[C@H](O)CN(CC2CCCC2)S(=O)(=O)c2ccc(CN=O)cc2)[C@@H](C)OC(C)(C)C)cs1. The van der Waals surface area contributed by atoms with Gasteiger partial charge in [0.15, 0.2) is 0 Å². The summed E-state index contributed by atoms with van der Waals surface area (Å²) in [5.74, 6) is -0.482. The zero-order valence-electron chi connectivity index (χ0n) is 32.6. The Hall–Kier alpha value is -3.80. The van der Waals surface area contributed by atoms with Crippen LogP contribution >= 0.6 is 11.3 Å². The molecule has 1 aliphatic carbocycles. The largest absolute Gasteiger partial charge is 0.390 e. The first-order valence-electron chi connectivity index (χ1n) is 18.6. The highest BCUT2D eigenvalue weighted by molar-refractivity contribution is 7.89. The van der Waals surface area contributed by atoms with Crippen molar-refractivity contribution in [3.8, 4) is 0 Å². The summed E-state index contributed by atoms with van der Waals surface area (Å²) in [4.78, 5) is 44.6. The quantitative estimate of drug-likeness (QED) is 0.129. The number of aromatic nitrogens is 1. The number of ether oxygens (including phenoxy) is 2. The van der Waals surface area contributed by atoms with Gasteiger partial charge in [-0.1, -0.05) is 60.5 Å². The number of carbonyl (C=O) groups is 2. The predicted octanol–water partition coefficient (Wildman–Crippen LogP) is 5.24. The van der Waals surface area contributed by atoms with Crippen LogP contribution in [0.4, 0.5) is 4.79 Å². The minimum atomic E-state index is -4.10. The summed E-state index contributed by atoms with van der Waals surface area (Å²) in [6, 6.07) is 12.6. The summed E-state index contributed by atoms with van der Waals surface area (Å²) >= 11 is 1.43. The van der Waals surface area contributed by atoms with Crippen LogP contribution < -0.4 is 10.6 Å². The summed E-state index contributed by atoms with van der Waals surface area (Å²) in [6.07, 6.45) is 1.77. The molecule has 0 aliphatic heterocycles. The van der Waals surface area contributed by atoms with E-state index >= 15 is 0 Å². The van der Waals surface area contributed by atoms with Crippen molar-refractivity contribution in [2.45, 2.75) is 114 Å². The van der Waals surface area contributed by atoms with E-state index in [4.69, 9.17) is 9.47 Å². The molecule has 1 heterocycles. The number of urea groups is 1. The number of nitrogens with zero attached hydrogens (tertiary/aromatic N) is 4. The minimum Gasteiger partial charge on any atom is -0.390 e. The molecule has 2 aromatic carbocycles. The van der Waals surface area contributed by atoms with E-state index in [0.29, 0.717) is 17.9 Å². The van der Waals surface area contributed by atoms with Crippen molar-refractivity contribution >= 4 is 33.3 Å². The van der Waals surface area contributed by atoms with Gasteiger partial charge in [0.05, 0.1) is 47.6 Å². The van der Waals surface area contributed by atoms with Crippen LogP contribution in [0.3, 0.4) is 0 Å². The lowest BCUT2D eigenvalue weighted by molar-refractivity contribution is -0.132. The van der Waals surface area contributed by atoms with Crippen molar-refractivity contribution in [3.05, 3.63) is 86.7 Å². The standard InChI is InChI=1S/C39H56N6O8S2/c1-27(53-39(2,3)4)36(43-38(48)44(5)23-31-26-54-35(41-31)25-52-6)37(47)42-33(20-28-12-8-7-9-13-28)34(46)24-45(22-30-14-10-11-15-30)55(50,51)32-18-16-29(17-19-32)21-40-49/h7-9,12-13,16-19,26-27,30,33-34,36,46H,10-11,14-15,20-25H2,1-6H3,(H,42,47)(H,43,48)/t27-,33+,34-,36+/m1/s1. The molecule has 3 N–H and O–H groups in total. The molecule has 55 heavy (non-hydrogen) atoms. The highest BCUT2D eigenvalue weighted by Gasteiger charge is 2.37. The molecule has 14 nitrogen and oxygen atoms in total. The fraction of sp³-hybridized carbons (Fsp3) is 0.564. The molecule has 4 rings (SSSR count). The highest BCUT2D eigenvalue weighted by Crippen LogP contribution is 2.29. The van der Waals surface area contributed by atoms with E-state index in [1.54, 1.807) is 33.2 Å². The second-order valence-electron chi connectivity index (χ2n) is 15.2. The van der Waals surface area contributed by atoms with Gasteiger partial charge in [-0.3, -0.25) is 4.79 Å². The van der Waals surface area contributed by atoms with Crippen molar-refractivity contribution in [2.24, 2.45) is 11.1 Å². The molecule has 3 aromatic rings. The van der Waals surface area contributed by atoms with Crippen molar-refractivity contribution in [3.63, 3.8) is 0 Å². The first-order valence-corrected chi connectivity index (χ1v) is 20.9. The van der Waals surface area contributed by atoms with Gasteiger partial charge < -0.3 is 30.1 Å². The Bertz CT molecular complexity index is 1780. The van der Waals surface area contributed by atoms with E-state index in [1.165, 1.54) is 32.7 Å². The zero-order chi connectivity index (χ0) is 40.2. The molecule has 302 valence electrons. The van der Waals surface area contributed by atoms with Gasteiger partial charge in [-0.25, -0.2) is 18.2 Å². The number of hydrogen-bond donors (Lipinski definition) is 3.